The van der Waals surface area contributed by atoms with Crippen LogP contribution in [0, 0.1) is 11.8 Å². The first-order valence-electron chi connectivity index (χ1n) is 9.14. The van der Waals surface area contributed by atoms with Gasteiger partial charge in [-0.2, -0.15) is 0 Å². The lowest BCUT2D eigenvalue weighted by Crippen LogP contribution is -2.51. The van der Waals surface area contributed by atoms with Crippen LogP contribution in [0.1, 0.15) is 67.7 Å². The smallest absolute Gasteiger partial charge is 0.306 e. The zero-order valence-corrected chi connectivity index (χ0v) is 17.1. The van der Waals surface area contributed by atoms with Crippen molar-refractivity contribution in [1.82, 2.24) is 0 Å². The monoisotopic (exact) mass is 340 g/mol. The molecule has 1 aliphatic carbocycles. The zero-order chi connectivity index (χ0) is 17.9. The Labute approximate surface area is 143 Å². The molecule has 0 bridgehead atoms. The molecule has 0 heterocycles. The second kappa shape index (κ2) is 7.97. The van der Waals surface area contributed by atoms with Crippen molar-refractivity contribution in [3.8, 4) is 0 Å². The summed E-state index contributed by atoms with van der Waals surface area (Å²) in [6.07, 6.45) is 2.98. The molecule has 134 valence electrons. The molecule has 0 radical (unpaired) electrons. The molecule has 1 N–H and O–H groups in total. The predicted molar refractivity (Wildman–Crippen MR) is 99.2 cm³/mol. The fourth-order valence-corrected chi connectivity index (χ4v) is 10.2. The van der Waals surface area contributed by atoms with Gasteiger partial charge < -0.3 is 9.53 Å². The molecule has 1 fully saturated rings. The van der Waals surface area contributed by atoms with Gasteiger partial charge in [0.15, 0.2) is 0 Å². The number of hydrogen-bond acceptors (Lipinski definition) is 2. The normalized spacial score (nSPS) is 24.5. The van der Waals surface area contributed by atoms with Gasteiger partial charge in [-0.3, -0.25) is 4.79 Å². The van der Waals surface area contributed by atoms with Gasteiger partial charge in [0.1, 0.15) is 0 Å². The highest BCUT2D eigenvalue weighted by molar-refractivity contribution is 6.77. The van der Waals surface area contributed by atoms with E-state index in [2.05, 4.69) is 48.1 Å². The Bertz CT molecular complexity index is 407. The molecule has 1 aliphatic rings. The highest BCUT2D eigenvalue weighted by Crippen LogP contribution is 2.46. The summed E-state index contributed by atoms with van der Waals surface area (Å²) in [6.45, 7) is 19.8. The average Bonchev–Trinajstić information content (AvgIpc) is 2.44. The Morgan fingerprint density at radius 2 is 1.57 bits per heavy atom. The molecule has 0 aromatic rings. The molecule has 0 aromatic heterocycles. The highest BCUT2D eigenvalue weighted by Gasteiger charge is 2.48. The third kappa shape index (κ3) is 4.08. The molecule has 23 heavy (non-hydrogen) atoms. The number of rotatable bonds is 7. The molecule has 0 aromatic carbocycles. The summed E-state index contributed by atoms with van der Waals surface area (Å²) >= 11 is 0. The minimum atomic E-state index is -1.96. The van der Waals surface area contributed by atoms with Crippen molar-refractivity contribution in [2.45, 2.75) is 90.5 Å². The van der Waals surface area contributed by atoms with E-state index in [0.717, 1.165) is 24.8 Å². The van der Waals surface area contributed by atoms with Crippen molar-refractivity contribution in [1.29, 1.82) is 0 Å². The Hall–Kier alpha value is -0.613. The van der Waals surface area contributed by atoms with Crippen molar-refractivity contribution in [2.24, 2.45) is 11.8 Å². The van der Waals surface area contributed by atoms with Crippen molar-refractivity contribution in [3.63, 3.8) is 0 Å². The quantitative estimate of drug-likeness (QED) is 0.483. The zero-order valence-electron chi connectivity index (χ0n) is 16.1. The molecule has 1 saturated carbocycles. The maximum Gasteiger partial charge on any atom is 0.306 e. The van der Waals surface area contributed by atoms with E-state index in [-0.39, 0.29) is 17.9 Å². The standard InChI is InChI=1S/C19H36O3Si/c1-12(2)23(13(3)4,14(5)6)22-18-11-9-10-17(15(18)7)16(8)19(20)21/h12-14,16-18H,7,9-11H2,1-6,8H3,(H,20,21)/t16-,17+,18+/m1/s1. The lowest BCUT2D eigenvalue weighted by atomic mass is 9.76. The van der Waals surface area contributed by atoms with E-state index in [1.807, 2.05) is 0 Å². The maximum atomic E-state index is 11.4. The number of aliphatic carboxylic acids is 1. The molecule has 3 atom stereocenters. The predicted octanol–water partition coefficient (Wildman–Crippen LogP) is 5.62. The number of carbonyl (C=O) groups is 1. The van der Waals surface area contributed by atoms with Crippen LogP contribution in [0.25, 0.3) is 0 Å². The first-order chi connectivity index (χ1) is 10.6. The summed E-state index contributed by atoms with van der Waals surface area (Å²) in [5, 5.41) is 9.36. The van der Waals surface area contributed by atoms with Crippen molar-refractivity contribution in [3.05, 3.63) is 12.2 Å². The van der Waals surface area contributed by atoms with Gasteiger partial charge in [0.05, 0.1) is 12.0 Å². The van der Waals surface area contributed by atoms with Crippen LogP contribution in [-0.4, -0.2) is 25.5 Å². The highest BCUT2D eigenvalue weighted by atomic mass is 28.4. The topological polar surface area (TPSA) is 46.5 Å². The lowest BCUT2D eigenvalue weighted by Gasteiger charge is -2.47. The van der Waals surface area contributed by atoms with E-state index in [9.17, 15) is 9.90 Å². The molecule has 0 aliphatic heterocycles. The van der Waals surface area contributed by atoms with Crippen LogP contribution >= 0.6 is 0 Å². The average molecular weight is 341 g/mol. The van der Waals surface area contributed by atoms with Gasteiger partial charge in [-0.15, -0.1) is 0 Å². The summed E-state index contributed by atoms with van der Waals surface area (Å²) in [7, 11) is -1.96. The van der Waals surface area contributed by atoms with Gasteiger partial charge in [-0.05, 0) is 47.4 Å². The number of carboxylic acids is 1. The van der Waals surface area contributed by atoms with Crippen molar-refractivity contribution >= 4 is 14.3 Å². The van der Waals surface area contributed by atoms with E-state index < -0.39 is 14.3 Å². The van der Waals surface area contributed by atoms with E-state index >= 15 is 0 Å². The maximum absolute atomic E-state index is 11.4. The Kier molecular flexibility index (Phi) is 7.08. The molecular formula is C19H36O3Si. The van der Waals surface area contributed by atoms with Crippen LogP contribution in [0.15, 0.2) is 12.2 Å². The minimum Gasteiger partial charge on any atom is -0.481 e. The molecule has 3 nitrogen and oxygen atoms in total. The number of carboxylic acid groups (broad SMARTS) is 1. The van der Waals surface area contributed by atoms with E-state index in [1.54, 1.807) is 6.92 Å². The van der Waals surface area contributed by atoms with Gasteiger partial charge in [-0.1, -0.05) is 55.0 Å². The second-order valence-corrected chi connectivity index (χ2v) is 13.6. The summed E-state index contributed by atoms with van der Waals surface area (Å²) in [4.78, 5) is 11.4. The first kappa shape index (κ1) is 20.4. The third-order valence-corrected chi connectivity index (χ3v) is 12.0. The van der Waals surface area contributed by atoms with Gasteiger partial charge in [0.2, 0.25) is 8.32 Å². The molecule has 0 saturated heterocycles. The minimum absolute atomic E-state index is 0.0365. The van der Waals surface area contributed by atoms with Crippen LogP contribution < -0.4 is 0 Å². The lowest BCUT2D eigenvalue weighted by molar-refractivity contribution is -0.142. The van der Waals surface area contributed by atoms with Crippen LogP contribution in [0.2, 0.25) is 16.6 Å². The van der Waals surface area contributed by atoms with Gasteiger partial charge >= 0.3 is 5.97 Å². The fraction of sp³-hybridized carbons (Fsp3) is 0.842. The Morgan fingerprint density at radius 3 is 1.96 bits per heavy atom. The van der Waals surface area contributed by atoms with E-state index in [0.29, 0.717) is 16.6 Å². The summed E-state index contributed by atoms with van der Waals surface area (Å²) < 4.78 is 6.88. The van der Waals surface area contributed by atoms with Crippen molar-refractivity contribution < 1.29 is 14.3 Å². The van der Waals surface area contributed by atoms with Gasteiger partial charge in [0, 0.05) is 0 Å². The Balaban J connectivity index is 3.04. The fourth-order valence-electron chi connectivity index (χ4n) is 4.67. The number of hydrogen-bond donors (Lipinski definition) is 1. The van der Waals surface area contributed by atoms with Crippen LogP contribution in [0.5, 0.6) is 0 Å². The van der Waals surface area contributed by atoms with Gasteiger partial charge in [0.25, 0.3) is 0 Å². The molecule has 4 heteroatoms. The molecular weight excluding hydrogens is 304 g/mol. The van der Waals surface area contributed by atoms with Crippen LogP contribution in [0.4, 0.5) is 0 Å². The van der Waals surface area contributed by atoms with Crippen LogP contribution in [-0.2, 0) is 9.22 Å². The van der Waals surface area contributed by atoms with Crippen LogP contribution in [0.3, 0.4) is 0 Å². The Morgan fingerprint density at radius 1 is 1.09 bits per heavy atom. The largest absolute Gasteiger partial charge is 0.481 e. The first-order valence-corrected chi connectivity index (χ1v) is 11.3. The van der Waals surface area contributed by atoms with Crippen molar-refractivity contribution in [2.75, 3.05) is 0 Å². The molecule has 1 rings (SSSR count). The second-order valence-electron chi connectivity index (χ2n) is 8.16. The summed E-state index contributed by atoms with van der Waals surface area (Å²) in [6, 6.07) is 0. The summed E-state index contributed by atoms with van der Waals surface area (Å²) in [5.74, 6) is -1.05. The molecule has 0 spiro atoms. The SMILES string of the molecule is C=C1[C@@H](O[Si](C(C)C)(C(C)C)C(C)C)CCC[C@@H]1[C@@H](C)C(=O)O. The molecule has 0 unspecified atom stereocenters. The van der Waals surface area contributed by atoms with E-state index in [1.165, 1.54) is 0 Å². The third-order valence-electron chi connectivity index (χ3n) is 5.92. The molecule has 0 amide bonds. The van der Waals surface area contributed by atoms with Gasteiger partial charge in [-0.25, -0.2) is 0 Å². The summed E-state index contributed by atoms with van der Waals surface area (Å²) in [5.41, 5.74) is 2.62. The van der Waals surface area contributed by atoms with E-state index in [4.69, 9.17) is 4.43 Å².